The Labute approximate surface area is 205 Å². The van der Waals surface area contributed by atoms with E-state index < -0.39 is 23.6 Å². The number of nitrogens with one attached hydrogen (secondary N) is 1. The summed E-state index contributed by atoms with van der Waals surface area (Å²) in [7, 11) is 4.35. The molecule has 36 heavy (non-hydrogen) atoms. The molecule has 3 aromatic carbocycles. The molecule has 0 unspecified atom stereocenters. The summed E-state index contributed by atoms with van der Waals surface area (Å²) in [5, 5.41) is 13.8. The Morgan fingerprint density at radius 3 is 2.25 bits per heavy atom. The number of ether oxygens (including phenoxy) is 4. The molecule has 4 aromatic rings. The van der Waals surface area contributed by atoms with Gasteiger partial charge in [-0.2, -0.15) is 0 Å². The highest BCUT2D eigenvalue weighted by molar-refractivity contribution is 5.97. The van der Waals surface area contributed by atoms with Crippen molar-refractivity contribution in [2.24, 2.45) is 0 Å². The van der Waals surface area contributed by atoms with Crippen LogP contribution in [0, 0.1) is 0 Å². The van der Waals surface area contributed by atoms with E-state index in [4.69, 9.17) is 23.4 Å². The number of rotatable bonds is 6. The van der Waals surface area contributed by atoms with Gasteiger partial charge in [0.1, 0.15) is 17.1 Å². The van der Waals surface area contributed by atoms with Gasteiger partial charge in [-0.05, 0) is 54.1 Å². The zero-order valence-electron chi connectivity index (χ0n) is 19.7. The summed E-state index contributed by atoms with van der Waals surface area (Å²) in [5.41, 5.74) is 0.907. The Morgan fingerprint density at radius 1 is 0.944 bits per heavy atom. The number of amides is 1. The normalized spacial score (nSPS) is 16.2. The topological polar surface area (TPSA) is 116 Å². The van der Waals surface area contributed by atoms with Gasteiger partial charge >= 0.3 is 5.63 Å². The number of phenolic OH excluding ortho intramolecular Hbond substituents is 1. The summed E-state index contributed by atoms with van der Waals surface area (Å²) in [6, 6.07) is 16.9. The number of fused-ring (bicyclic) bond motifs is 3. The van der Waals surface area contributed by atoms with Gasteiger partial charge in [-0.15, -0.1) is 0 Å². The first kappa shape index (κ1) is 23.1. The lowest BCUT2D eigenvalue weighted by Gasteiger charge is -2.20. The summed E-state index contributed by atoms with van der Waals surface area (Å²) in [5.74, 6) is -0.392. The molecule has 2 heterocycles. The number of benzene rings is 3. The maximum absolute atomic E-state index is 13.5. The zero-order valence-corrected chi connectivity index (χ0v) is 19.7. The molecular formula is C27H23NO8. The SMILES string of the molecule is COc1ccc(NC(=O)[C@H]2Oc3c(c(=O)oc4ccccc34)[C@H]2c2cc(OC)c(O)c(OC)c2)cc1. The molecule has 184 valence electrons. The molecule has 0 fully saturated rings. The molecule has 2 atom stereocenters. The van der Waals surface area contributed by atoms with Gasteiger partial charge in [-0.25, -0.2) is 4.79 Å². The zero-order chi connectivity index (χ0) is 25.4. The van der Waals surface area contributed by atoms with Crippen molar-refractivity contribution < 1.29 is 33.3 Å². The van der Waals surface area contributed by atoms with Crippen LogP contribution in [0.5, 0.6) is 28.7 Å². The van der Waals surface area contributed by atoms with Crippen LogP contribution >= 0.6 is 0 Å². The number of para-hydroxylation sites is 1. The van der Waals surface area contributed by atoms with E-state index >= 15 is 0 Å². The minimum absolute atomic E-state index is 0.122. The van der Waals surface area contributed by atoms with Crippen molar-refractivity contribution >= 4 is 22.6 Å². The molecule has 1 aromatic heterocycles. The van der Waals surface area contributed by atoms with Crippen LogP contribution in [0.15, 0.2) is 69.9 Å². The van der Waals surface area contributed by atoms with Crippen molar-refractivity contribution in [3.8, 4) is 28.7 Å². The van der Waals surface area contributed by atoms with Crippen LogP contribution in [-0.4, -0.2) is 38.4 Å². The first-order valence-electron chi connectivity index (χ1n) is 11.1. The summed E-state index contributed by atoms with van der Waals surface area (Å²) in [4.78, 5) is 26.7. The lowest BCUT2D eigenvalue weighted by atomic mass is 9.87. The fourth-order valence-corrected chi connectivity index (χ4v) is 4.40. The maximum Gasteiger partial charge on any atom is 0.344 e. The van der Waals surface area contributed by atoms with E-state index in [2.05, 4.69) is 5.32 Å². The van der Waals surface area contributed by atoms with Crippen molar-refractivity contribution in [3.63, 3.8) is 0 Å². The Balaban J connectivity index is 1.65. The van der Waals surface area contributed by atoms with Crippen molar-refractivity contribution in [1.29, 1.82) is 0 Å². The minimum atomic E-state index is -1.13. The first-order chi connectivity index (χ1) is 17.4. The first-order valence-corrected chi connectivity index (χ1v) is 11.1. The smallest absolute Gasteiger partial charge is 0.344 e. The summed E-state index contributed by atoms with van der Waals surface area (Å²) in [6.45, 7) is 0. The molecule has 0 aliphatic carbocycles. The highest BCUT2D eigenvalue weighted by Gasteiger charge is 2.45. The minimum Gasteiger partial charge on any atom is -0.502 e. The molecule has 0 saturated heterocycles. The molecule has 5 rings (SSSR count). The Bertz CT molecular complexity index is 1480. The van der Waals surface area contributed by atoms with Gasteiger partial charge in [-0.1, -0.05) is 12.1 Å². The third-order valence-electron chi connectivity index (χ3n) is 6.13. The second-order valence-electron chi connectivity index (χ2n) is 8.14. The van der Waals surface area contributed by atoms with Crippen LogP contribution < -0.4 is 29.9 Å². The second-order valence-corrected chi connectivity index (χ2v) is 8.14. The molecule has 1 aliphatic rings. The molecule has 0 saturated carbocycles. The van der Waals surface area contributed by atoms with Gasteiger partial charge in [0.25, 0.3) is 5.91 Å². The van der Waals surface area contributed by atoms with E-state index in [-0.39, 0.29) is 28.6 Å². The van der Waals surface area contributed by atoms with Crippen LogP contribution in [0.2, 0.25) is 0 Å². The van der Waals surface area contributed by atoms with Crippen LogP contribution in [0.1, 0.15) is 17.0 Å². The predicted molar refractivity (Wildman–Crippen MR) is 132 cm³/mol. The van der Waals surface area contributed by atoms with Gasteiger partial charge in [0.15, 0.2) is 17.6 Å². The molecule has 9 heteroatoms. The Morgan fingerprint density at radius 2 is 1.61 bits per heavy atom. The highest BCUT2D eigenvalue weighted by Crippen LogP contribution is 2.48. The molecule has 1 aliphatic heterocycles. The third-order valence-corrected chi connectivity index (χ3v) is 6.13. The quantitative estimate of drug-likeness (QED) is 0.390. The standard InChI is InChI=1S/C27H23NO8/c1-32-16-10-8-15(9-11-16)28-26(30)25-21(14-12-19(33-2)23(29)20(13-14)34-3)22-24(36-25)17-6-4-5-7-18(17)35-27(22)31/h4-13,21,25,29H,1-3H3,(H,28,30)/t21-,25+/m1/s1. The highest BCUT2D eigenvalue weighted by atomic mass is 16.5. The lowest BCUT2D eigenvalue weighted by molar-refractivity contribution is -0.122. The summed E-state index contributed by atoms with van der Waals surface area (Å²) >= 11 is 0. The molecule has 0 bridgehead atoms. The fourth-order valence-electron chi connectivity index (χ4n) is 4.40. The lowest BCUT2D eigenvalue weighted by Crippen LogP contribution is -2.35. The number of methoxy groups -OCH3 is 3. The molecule has 1 amide bonds. The van der Waals surface area contributed by atoms with Crippen molar-refractivity contribution in [1.82, 2.24) is 0 Å². The van der Waals surface area contributed by atoms with Gasteiger partial charge in [-0.3, -0.25) is 4.79 Å². The van der Waals surface area contributed by atoms with Crippen LogP contribution in [0.25, 0.3) is 11.0 Å². The van der Waals surface area contributed by atoms with Gasteiger partial charge in [0.2, 0.25) is 5.75 Å². The predicted octanol–water partition coefficient (Wildman–Crippen LogP) is 4.06. The van der Waals surface area contributed by atoms with Gasteiger partial charge in [0.05, 0.1) is 38.2 Å². The average molecular weight is 489 g/mol. The number of phenols is 1. The number of carbonyl (C=O) groups is 1. The van der Waals surface area contributed by atoms with E-state index in [1.54, 1.807) is 67.8 Å². The number of anilines is 1. The number of hydrogen-bond donors (Lipinski definition) is 2. The third kappa shape index (κ3) is 3.84. The van der Waals surface area contributed by atoms with Gasteiger partial charge in [0, 0.05) is 5.69 Å². The van der Waals surface area contributed by atoms with Crippen LogP contribution in [0.3, 0.4) is 0 Å². The molecular weight excluding hydrogens is 466 g/mol. The second kappa shape index (κ2) is 9.18. The fraction of sp³-hybridized carbons (Fsp3) is 0.185. The van der Waals surface area contributed by atoms with Crippen molar-refractivity contribution in [2.75, 3.05) is 26.6 Å². The molecule has 2 N–H and O–H groups in total. The van der Waals surface area contributed by atoms with E-state index in [1.165, 1.54) is 14.2 Å². The molecule has 9 nitrogen and oxygen atoms in total. The largest absolute Gasteiger partial charge is 0.502 e. The number of aromatic hydroxyl groups is 1. The summed E-state index contributed by atoms with van der Waals surface area (Å²) in [6.07, 6.45) is -1.13. The monoisotopic (exact) mass is 489 g/mol. The van der Waals surface area contributed by atoms with Crippen molar-refractivity contribution in [2.45, 2.75) is 12.0 Å². The number of hydrogen-bond acceptors (Lipinski definition) is 8. The Hall–Kier alpha value is -4.66. The van der Waals surface area contributed by atoms with E-state index in [0.717, 1.165) is 0 Å². The maximum atomic E-state index is 13.5. The van der Waals surface area contributed by atoms with Crippen LogP contribution in [0.4, 0.5) is 5.69 Å². The molecule has 0 spiro atoms. The Kier molecular flexibility index (Phi) is 5.89. The van der Waals surface area contributed by atoms with Crippen molar-refractivity contribution in [3.05, 3.63) is 82.2 Å². The summed E-state index contributed by atoms with van der Waals surface area (Å²) < 4.78 is 27.5. The number of carbonyl (C=O) groups excluding carboxylic acids is 1. The van der Waals surface area contributed by atoms with E-state index in [1.807, 2.05) is 0 Å². The molecule has 0 radical (unpaired) electrons. The van der Waals surface area contributed by atoms with E-state index in [9.17, 15) is 14.7 Å². The van der Waals surface area contributed by atoms with Crippen LogP contribution in [-0.2, 0) is 4.79 Å². The average Bonchev–Trinajstić information content (AvgIpc) is 3.31. The van der Waals surface area contributed by atoms with Gasteiger partial charge < -0.3 is 33.8 Å². The van der Waals surface area contributed by atoms with E-state index in [0.29, 0.717) is 28.0 Å².